The lowest BCUT2D eigenvalue weighted by molar-refractivity contribution is 0.305. The van der Waals surface area contributed by atoms with Crippen LogP contribution in [0.2, 0.25) is 0 Å². The molecule has 0 aliphatic rings. The van der Waals surface area contributed by atoms with Crippen molar-refractivity contribution in [2.75, 3.05) is 13.2 Å². The molecule has 602 valence electrons. The summed E-state index contributed by atoms with van der Waals surface area (Å²) in [5.41, 5.74) is 26.1. The third-order valence-corrected chi connectivity index (χ3v) is 24.3. The highest BCUT2D eigenvalue weighted by Crippen LogP contribution is 2.40. The van der Waals surface area contributed by atoms with Crippen molar-refractivity contribution in [2.24, 2.45) is 0 Å². The third-order valence-electron chi connectivity index (χ3n) is 22.0. The van der Waals surface area contributed by atoms with Crippen LogP contribution in [-0.2, 0) is 64.2 Å². The minimum atomic E-state index is 0.734. The van der Waals surface area contributed by atoms with Gasteiger partial charge in [0.15, 0.2) is 0 Å². The minimum Gasteiger partial charge on any atom is -0.494 e. The second-order valence-corrected chi connectivity index (χ2v) is 32.9. The van der Waals surface area contributed by atoms with Crippen LogP contribution in [0.4, 0.5) is 0 Å². The molecule has 0 amide bonds. The standard InChI is InChI=1S/C114H122O2S2/c1-13-25-29-33-35-39-85-41-45-87(46-42-85)49-57-99-75-95(21-9)103(79-91(99)17-5)61-63-107-83-111(71-65-105-81-93(19-7)101(77-97(105)23-11)59-51-89-53-67-109(68-54-89)115-73-37-31-27-15-3)117-113(107)114-108(64-62-104-80-92(18-6)100(76-96(104)22-10)58-50-88-47-43-86(44-48-88)40-36-34-30-26-14-2)84-112(118-114)72-66-106-82-94(20-8)102(78-98(106)24-12)60-52-90-55-69-110(70-56-90)116-74-38-32-28-16-4/h41-48,53-56,67-70,75-84H,13-40,73-74H2,1-12H3. The maximum Gasteiger partial charge on any atom is 0.119 e. The number of unbranched alkanes of at least 4 members (excludes halogenated alkanes) is 14. The zero-order valence-electron chi connectivity index (χ0n) is 72.9. The topological polar surface area (TPSA) is 18.5 Å². The molecule has 0 unspecified atom stereocenters. The molecule has 0 radical (unpaired) electrons. The van der Waals surface area contributed by atoms with Gasteiger partial charge in [0.25, 0.3) is 0 Å². The Morgan fingerprint density at radius 3 is 0.686 bits per heavy atom. The Morgan fingerprint density at radius 1 is 0.212 bits per heavy atom. The minimum absolute atomic E-state index is 0.734. The first-order chi connectivity index (χ1) is 57.9. The zero-order chi connectivity index (χ0) is 83.1. The van der Waals surface area contributed by atoms with Crippen molar-refractivity contribution >= 4 is 22.7 Å². The molecule has 10 aromatic rings. The number of hydrogen-bond donors (Lipinski definition) is 0. The molecular formula is C114H122O2S2. The summed E-state index contributed by atoms with van der Waals surface area (Å²) in [5.74, 6) is 60.2. The maximum absolute atomic E-state index is 6.07. The lowest BCUT2D eigenvalue weighted by Crippen LogP contribution is -1.97. The van der Waals surface area contributed by atoms with Gasteiger partial charge >= 0.3 is 0 Å². The van der Waals surface area contributed by atoms with Gasteiger partial charge in [0.05, 0.1) is 32.7 Å². The Labute approximate surface area is 720 Å². The molecule has 0 saturated heterocycles. The van der Waals surface area contributed by atoms with Gasteiger partial charge in [0, 0.05) is 77.9 Å². The van der Waals surface area contributed by atoms with E-state index in [1.807, 2.05) is 24.3 Å². The molecule has 0 aliphatic heterocycles. The van der Waals surface area contributed by atoms with E-state index in [1.54, 1.807) is 22.7 Å². The first-order valence-electron chi connectivity index (χ1n) is 44.6. The van der Waals surface area contributed by atoms with Crippen molar-refractivity contribution in [3.63, 3.8) is 0 Å². The number of rotatable bonds is 33. The molecule has 10 rings (SSSR count). The van der Waals surface area contributed by atoms with Crippen LogP contribution < -0.4 is 9.47 Å². The molecule has 0 spiro atoms. The van der Waals surface area contributed by atoms with Crippen LogP contribution >= 0.6 is 22.7 Å². The summed E-state index contributed by atoms with van der Waals surface area (Å²) >= 11 is 3.37. The Morgan fingerprint density at radius 2 is 0.432 bits per heavy atom. The molecule has 0 N–H and O–H groups in total. The maximum atomic E-state index is 6.07. The summed E-state index contributed by atoms with van der Waals surface area (Å²) in [5, 5.41) is 0. The highest BCUT2D eigenvalue weighted by atomic mass is 32.1. The Hall–Kier alpha value is -10.8. The second-order valence-electron chi connectivity index (χ2n) is 30.8. The van der Waals surface area contributed by atoms with Gasteiger partial charge < -0.3 is 9.47 Å². The molecule has 2 nitrogen and oxygen atoms in total. The van der Waals surface area contributed by atoms with Gasteiger partial charge in [-0.2, -0.15) is 0 Å². The van der Waals surface area contributed by atoms with E-state index in [9.17, 15) is 0 Å². The molecule has 4 heteroatoms. The van der Waals surface area contributed by atoms with E-state index in [2.05, 4.69) is 311 Å². The van der Waals surface area contributed by atoms with Crippen molar-refractivity contribution in [3.05, 3.63) is 301 Å². The number of hydrogen-bond acceptors (Lipinski definition) is 4. The lowest BCUT2D eigenvalue weighted by Gasteiger charge is -2.08. The molecule has 2 aromatic heterocycles. The third kappa shape index (κ3) is 27.1. The Kier molecular flexibility index (Phi) is 37.1. The van der Waals surface area contributed by atoms with E-state index in [1.165, 1.54) is 147 Å². The highest BCUT2D eigenvalue weighted by molar-refractivity contribution is 7.23. The summed E-state index contributed by atoms with van der Waals surface area (Å²) < 4.78 is 12.1. The van der Waals surface area contributed by atoms with Gasteiger partial charge in [0.1, 0.15) is 11.5 Å². The van der Waals surface area contributed by atoms with E-state index in [0.29, 0.717) is 0 Å². The number of thiophene rings is 2. The van der Waals surface area contributed by atoms with Gasteiger partial charge in [-0.15, -0.1) is 22.7 Å². The van der Waals surface area contributed by atoms with Crippen molar-refractivity contribution in [2.45, 2.75) is 263 Å². The normalized spacial score (nSPS) is 10.5. The van der Waals surface area contributed by atoms with Gasteiger partial charge in [-0.25, -0.2) is 0 Å². The number of benzene rings is 8. The molecule has 118 heavy (non-hydrogen) atoms. The largest absolute Gasteiger partial charge is 0.494 e. The molecule has 0 aliphatic carbocycles. The highest BCUT2D eigenvalue weighted by Gasteiger charge is 2.19. The predicted octanol–water partition coefficient (Wildman–Crippen LogP) is 28.1. The van der Waals surface area contributed by atoms with Crippen LogP contribution in [-0.4, -0.2) is 13.2 Å². The quantitative estimate of drug-likeness (QED) is 0.0301. The first-order valence-corrected chi connectivity index (χ1v) is 46.3. The van der Waals surface area contributed by atoms with Crippen LogP contribution in [0.3, 0.4) is 0 Å². The number of aryl methyl sites for hydroxylation is 10. The van der Waals surface area contributed by atoms with E-state index < -0.39 is 0 Å². The molecular weight excluding hydrogens is 1470 g/mol. The van der Waals surface area contributed by atoms with Gasteiger partial charge in [-0.05, 0) is 279 Å². The summed E-state index contributed by atoms with van der Waals surface area (Å²) in [6.07, 6.45) is 31.0. The summed E-state index contributed by atoms with van der Waals surface area (Å²) in [4.78, 5) is 3.87. The lowest BCUT2D eigenvalue weighted by atomic mass is 9.95. The van der Waals surface area contributed by atoms with Crippen LogP contribution in [0, 0.1) is 94.7 Å². The molecule has 0 saturated carbocycles. The van der Waals surface area contributed by atoms with Crippen LogP contribution in [0.25, 0.3) is 9.75 Å². The Balaban J connectivity index is 1.07. The average molecular weight is 1590 g/mol. The van der Waals surface area contributed by atoms with Crippen molar-refractivity contribution in [1.82, 2.24) is 0 Å². The molecule has 0 atom stereocenters. The van der Waals surface area contributed by atoms with Crippen LogP contribution in [0.5, 0.6) is 11.5 Å². The van der Waals surface area contributed by atoms with E-state index in [4.69, 9.17) is 9.47 Å². The summed E-state index contributed by atoms with van der Waals surface area (Å²) in [6, 6.07) is 56.8. The smallest absolute Gasteiger partial charge is 0.119 e. The van der Waals surface area contributed by atoms with Crippen molar-refractivity contribution in [1.29, 1.82) is 0 Å². The fourth-order valence-corrected chi connectivity index (χ4v) is 16.7. The summed E-state index contributed by atoms with van der Waals surface area (Å²) in [6.45, 7) is 28.2. The first kappa shape index (κ1) is 89.6. The fourth-order valence-electron chi connectivity index (χ4n) is 14.6. The SMILES string of the molecule is CCCCCCCc1ccc(C#Cc2cc(CC)c(C#Cc3cc(C#Cc4cc(CC)c(C#Cc5ccc(OCCCCCC)cc5)cc4CC)sc3-c3sc(C#Cc4cc(CC)c(C#Cc5ccc(OCCCCCC)cc5)cc4CC)cc3C#Cc3cc(CC)c(C#Cc4ccc(CCCCCCC)cc4)cc3CC)cc2CC)cc1. The Bertz CT molecular complexity index is 5170. The van der Waals surface area contributed by atoms with Crippen molar-refractivity contribution in [3.8, 4) is 116 Å². The van der Waals surface area contributed by atoms with Crippen LogP contribution in [0.15, 0.2) is 158 Å². The van der Waals surface area contributed by atoms with Crippen LogP contribution in [0.1, 0.15) is 342 Å². The average Bonchev–Trinajstić information content (AvgIpc) is 1.65. The molecule has 8 aromatic carbocycles. The summed E-state index contributed by atoms with van der Waals surface area (Å²) in [7, 11) is 0. The van der Waals surface area contributed by atoms with Crippen molar-refractivity contribution < 1.29 is 9.47 Å². The van der Waals surface area contributed by atoms with Gasteiger partial charge in [-0.3, -0.25) is 0 Å². The van der Waals surface area contributed by atoms with E-state index in [0.717, 1.165) is 210 Å². The van der Waals surface area contributed by atoms with Gasteiger partial charge in [-0.1, -0.05) is 292 Å². The number of ether oxygens (including phenoxy) is 2. The monoisotopic (exact) mass is 1590 g/mol. The van der Waals surface area contributed by atoms with E-state index >= 15 is 0 Å². The second kappa shape index (κ2) is 48.8. The van der Waals surface area contributed by atoms with Gasteiger partial charge in [0.2, 0.25) is 0 Å². The molecule has 2 heterocycles. The zero-order valence-corrected chi connectivity index (χ0v) is 74.5. The molecule has 0 fully saturated rings. The molecule has 0 bridgehead atoms. The predicted molar refractivity (Wildman–Crippen MR) is 506 cm³/mol. The fraction of sp³-hybridized carbons (Fsp3) is 0.368. The van der Waals surface area contributed by atoms with E-state index in [-0.39, 0.29) is 0 Å².